The maximum Gasteiger partial charge on any atom is 0.239 e. The summed E-state index contributed by atoms with van der Waals surface area (Å²) < 4.78 is 0. The lowest BCUT2D eigenvalue weighted by Gasteiger charge is -2.18. The summed E-state index contributed by atoms with van der Waals surface area (Å²) in [5, 5.41) is 7.03. The van der Waals surface area contributed by atoms with E-state index < -0.39 is 0 Å². The van der Waals surface area contributed by atoms with Crippen molar-refractivity contribution >= 4 is 23.2 Å². The Morgan fingerprint density at radius 2 is 1.83 bits per heavy atom. The molecule has 0 heterocycles. The molecule has 1 fully saturated rings. The average molecular weight is 343 g/mol. The fourth-order valence-corrected chi connectivity index (χ4v) is 2.91. The zero-order valence-electron chi connectivity index (χ0n) is 13.9. The molecule has 2 N–H and O–H groups in total. The Bertz CT molecular complexity index is 696. The number of carbonyl (C=O) groups excluding carboxylic acids is 1. The highest BCUT2D eigenvalue weighted by atomic mass is 35.5. The van der Waals surface area contributed by atoms with Crippen LogP contribution in [0.5, 0.6) is 0 Å². The van der Waals surface area contributed by atoms with Crippen molar-refractivity contribution in [3.05, 3.63) is 77.8 Å². The Morgan fingerprint density at radius 1 is 1.17 bits per heavy atom. The molecule has 0 radical (unpaired) electrons. The second-order valence-electron chi connectivity index (χ2n) is 5.81. The van der Waals surface area contributed by atoms with Crippen LogP contribution in [0.3, 0.4) is 0 Å². The van der Waals surface area contributed by atoms with E-state index in [1.165, 1.54) is 5.56 Å². The summed E-state index contributed by atoms with van der Waals surface area (Å²) in [6.07, 6.45) is 2.01. The zero-order chi connectivity index (χ0) is 17.6. The molecule has 3 rings (SSSR count). The SMILES string of the molecule is C=C.Cc1cc(Cl)ccc1NCC(=O)NC1(c2ccccc2)CC1. The van der Waals surface area contributed by atoms with E-state index in [0.717, 1.165) is 24.1 Å². The van der Waals surface area contributed by atoms with E-state index in [1.54, 1.807) is 0 Å². The first kappa shape index (κ1) is 18.1. The predicted molar refractivity (Wildman–Crippen MR) is 101 cm³/mol. The van der Waals surface area contributed by atoms with Crippen LogP contribution in [0.2, 0.25) is 5.02 Å². The van der Waals surface area contributed by atoms with E-state index in [-0.39, 0.29) is 18.0 Å². The molecule has 0 saturated heterocycles. The summed E-state index contributed by atoms with van der Waals surface area (Å²) in [5.41, 5.74) is 2.99. The van der Waals surface area contributed by atoms with E-state index in [4.69, 9.17) is 11.6 Å². The van der Waals surface area contributed by atoms with Gasteiger partial charge in [0.2, 0.25) is 5.91 Å². The summed E-state index contributed by atoms with van der Waals surface area (Å²) in [5.74, 6) is 0.00991. The van der Waals surface area contributed by atoms with Gasteiger partial charge < -0.3 is 10.6 Å². The van der Waals surface area contributed by atoms with Crippen LogP contribution in [0.4, 0.5) is 5.69 Å². The van der Waals surface area contributed by atoms with E-state index in [0.29, 0.717) is 5.02 Å². The first-order valence-electron chi connectivity index (χ1n) is 7.96. The van der Waals surface area contributed by atoms with Crippen molar-refractivity contribution in [2.75, 3.05) is 11.9 Å². The minimum atomic E-state index is -0.158. The lowest BCUT2D eigenvalue weighted by Crippen LogP contribution is -2.38. The van der Waals surface area contributed by atoms with Crippen molar-refractivity contribution in [1.29, 1.82) is 0 Å². The molecule has 0 aromatic heterocycles. The van der Waals surface area contributed by atoms with E-state index >= 15 is 0 Å². The van der Waals surface area contributed by atoms with E-state index in [2.05, 4.69) is 35.9 Å². The second-order valence-corrected chi connectivity index (χ2v) is 6.25. The van der Waals surface area contributed by atoms with Crippen molar-refractivity contribution in [2.24, 2.45) is 0 Å². The molecule has 126 valence electrons. The lowest BCUT2D eigenvalue weighted by molar-refractivity contribution is -0.120. The number of halogens is 1. The minimum absolute atomic E-state index is 0.00991. The van der Waals surface area contributed by atoms with Crippen LogP contribution in [0.15, 0.2) is 61.7 Å². The van der Waals surface area contributed by atoms with Gasteiger partial charge in [0.15, 0.2) is 0 Å². The fraction of sp³-hybridized carbons (Fsp3) is 0.250. The largest absolute Gasteiger partial charge is 0.376 e. The Hall–Kier alpha value is -2.26. The third-order valence-electron chi connectivity index (χ3n) is 4.08. The van der Waals surface area contributed by atoms with Crippen LogP contribution in [0.25, 0.3) is 0 Å². The fourth-order valence-electron chi connectivity index (χ4n) is 2.68. The first-order chi connectivity index (χ1) is 11.6. The molecule has 2 aromatic rings. The zero-order valence-corrected chi connectivity index (χ0v) is 14.7. The summed E-state index contributed by atoms with van der Waals surface area (Å²) >= 11 is 5.94. The number of carbonyl (C=O) groups is 1. The van der Waals surface area contributed by atoms with E-state index in [1.807, 2.05) is 43.3 Å². The molecule has 2 aromatic carbocycles. The number of amides is 1. The summed E-state index contributed by atoms with van der Waals surface area (Å²) in [4.78, 5) is 12.2. The normalized spacial score (nSPS) is 14.1. The number of rotatable bonds is 5. The van der Waals surface area contributed by atoms with Gasteiger partial charge >= 0.3 is 0 Å². The molecule has 0 atom stereocenters. The van der Waals surface area contributed by atoms with Crippen LogP contribution in [0.1, 0.15) is 24.0 Å². The molecule has 1 amide bonds. The highest BCUT2D eigenvalue weighted by molar-refractivity contribution is 6.30. The summed E-state index contributed by atoms with van der Waals surface area (Å²) in [6.45, 7) is 8.23. The van der Waals surface area contributed by atoms with Gasteiger partial charge in [0, 0.05) is 10.7 Å². The minimum Gasteiger partial charge on any atom is -0.376 e. The highest BCUT2D eigenvalue weighted by Crippen LogP contribution is 2.45. The van der Waals surface area contributed by atoms with Crippen LogP contribution in [0, 0.1) is 6.92 Å². The monoisotopic (exact) mass is 342 g/mol. The smallest absolute Gasteiger partial charge is 0.239 e. The molecule has 0 spiro atoms. The summed E-state index contributed by atoms with van der Waals surface area (Å²) in [6, 6.07) is 15.8. The number of hydrogen-bond donors (Lipinski definition) is 2. The van der Waals surface area contributed by atoms with Gasteiger partial charge in [-0.3, -0.25) is 4.79 Å². The van der Waals surface area contributed by atoms with Crippen molar-refractivity contribution in [3.8, 4) is 0 Å². The van der Waals surface area contributed by atoms with Gasteiger partial charge in [0.1, 0.15) is 0 Å². The van der Waals surface area contributed by atoms with Crippen molar-refractivity contribution in [1.82, 2.24) is 5.32 Å². The van der Waals surface area contributed by atoms with Gasteiger partial charge in [-0.2, -0.15) is 0 Å². The Labute approximate surface area is 148 Å². The Morgan fingerprint density at radius 3 is 2.42 bits per heavy atom. The van der Waals surface area contributed by atoms with Crippen molar-refractivity contribution in [3.63, 3.8) is 0 Å². The number of aryl methyl sites for hydroxylation is 1. The molecule has 3 nitrogen and oxygen atoms in total. The maximum atomic E-state index is 12.2. The molecular formula is C20H23ClN2O. The topological polar surface area (TPSA) is 41.1 Å². The van der Waals surface area contributed by atoms with Crippen LogP contribution in [-0.2, 0) is 10.3 Å². The van der Waals surface area contributed by atoms with Gasteiger partial charge in [-0.05, 0) is 49.1 Å². The van der Waals surface area contributed by atoms with Crippen molar-refractivity contribution < 1.29 is 4.79 Å². The number of anilines is 1. The van der Waals surface area contributed by atoms with Gasteiger partial charge in [-0.1, -0.05) is 41.9 Å². The molecule has 0 bridgehead atoms. The second kappa shape index (κ2) is 8.02. The molecule has 1 aliphatic rings. The maximum absolute atomic E-state index is 12.2. The summed E-state index contributed by atoms with van der Waals surface area (Å²) in [7, 11) is 0. The molecule has 4 heteroatoms. The van der Waals surface area contributed by atoms with E-state index in [9.17, 15) is 4.79 Å². The Kier molecular flexibility index (Phi) is 6.04. The lowest BCUT2D eigenvalue weighted by atomic mass is 10.1. The number of hydrogen-bond acceptors (Lipinski definition) is 2. The highest BCUT2D eigenvalue weighted by Gasteiger charge is 2.45. The third kappa shape index (κ3) is 4.39. The number of benzene rings is 2. The molecular weight excluding hydrogens is 320 g/mol. The van der Waals surface area contributed by atoms with Gasteiger partial charge in [0.25, 0.3) is 0 Å². The molecule has 1 saturated carbocycles. The quantitative estimate of drug-likeness (QED) is 0.775. The van der Waals surface area contributed by atoms with Gasteiger partial charge in [-0.15, -0.1) is 13.2 Å². The molecule has 1 aliphatic carbocycles. The Balaban J connectivity index is 0.00000100. The molecule has 24 heavy (non-hydrogen) atoms. The first-order valence-corrected chi connectivity index (χ1v) is 8.33. The predicted octanol–water partition coefficient (Wildman–Crippen LogP) is 4.67. The molecule has 0 aliphatic heterocycles. The number of nitrogens with one attached hydrogen (secondary N) is 2. The van der Waals surface area contributed by atoms with Crippen LogP contribution >= 0.6 is 11.6 Å². The third-order valence-corrected chi connectivity index (χ3v) is 4.32. The van der Waals surface area contributed by atoms with Crippen molar-refractivity contribution in [2.45, 2.75) is 25.3 Å². The standard InChI is InChI=1S/C18H19ClN2O.C2H4/c1-13-11-15(19)7-8-16(13)20-12-17(22)21-18(9-10-18)14-5-3-2-4-6-14;1-2/h2-8,11,20H,9-10,12H2,1H3,(H,21,22);1-2H2. The average Bonchev–Trinajstić information content (AvgIpc) is 3.37. The van der Waals surface area contributed by atoms with Crippen LogP contribution in [-0.4, -0.2) is 12.5 Å². The molecule has 0 unspecified atom stereocenters. The van der Waals surface area contributed by atoms with Crippen LogP contribution < -0.4 is 10.6 Å². The van der Waals surface area contributed by atoms with Gasteiger partial charge in [-0.25, -0.2) is 0 Å². The van der Waals surface area contributed by atoms with Gasteiger partial charge in [0.05, 0.1) is 12.1 Å².